The normalized spacial score (nSPS) is 18.3. The summed E-state index contributed by atoms with van der Waals surface area (Å²) in [7, 11) is 4.14. The zero-order valence-electron chi connectivity index (χ0n) is 13.5. The molecule has 2 heterocycles. The van der Waals surface area contributed by atoms with Crippen LogP contribution in [-0.2, 0) is 0 Å². The van der Waals surface area contributed by atoms with Gasteiger partial charge in [-0.1, -0.05) is 6.92 Å². The minimum Gasteiger partial charge on any atom is -0.370 e. The fraction of sp³-hybridized carbons (Fsp3) is 0.625. The van der Waals surface area contributed by atoms with Crippen LogP contribution in [0.15, 0.2) is 12.1 Å². The predicted octanol–water partition coefficient (Wildman–Crippen LogP) is 1.99. The summed E-state index contributed by atoms with van der Waals surface area (Å²) in [6.45, 7) is 6.56. The molecule has 1 N–H and O–H groups in total. The van der Waals surface area contributed by atoms with Gasteiger partial charge in [0.2, 0.25) is 0 Å². The maximum absolute atomic E-state index is 12.6. The molecular formula is C16H26N4O. The van der Waals surface area contributed by atoms with E-state index in [9.17, 15) is 4.79 Å². The molecule has 1 amide bonds. The van der Waals surface area contributed by atoms with Gasteiger partial charge in [0.1, 0.15) is 5.82 Å². The summed E-state index contributed by atoms with van der Waals surface area (Å²) in [6.07, 6.45) is 2.08. The second-order valence-electron chi connectivity index (χ2n) is 5.97. The third kappa shape index (κ3) is 3.94. The molecule has 1 unspecified atom stereocenters. The molecule has 1 saturated heterocycles. The average Bonchev–Trinajstić information content (AvgIpc) is 2.93. The first-order valence-electron chi connectivity index (χ1n) is 7.69. The highest BCUT2D eigenvalue weighted by atomic mass is 16.2. The number of likely N-dealkylation sites (tertiary alicyclic amines) is 1. The highest BCUT2D eigenvalue weighted by molar-refractivity contribution is 5.95. The molecule has 0 bridgehead atoms. The lowest BCUT2D eigenvalue weighted by atomic mass is 10.2. The SMILES string of the molecule is CCCNc1cc(C(=O)N2CCC(N(C)C)C2)cc(C)n1. The minimum absolute atomic E-state index is 0.115. The molecule has 0 spiro atoms. The predicted molar refractivity (Wildman–Crippen MR) is 85.8 cm³/mol. The molecule has 1 aromatic rings. The first kappa shape index (κ1) is 15.8. The van der Waals surface area contributed by atoms with Gasteiger partial charge in [0.25, 0.3) is 5.91 Å². The molecule has 1 aliphatic rings. The standard InChI is InChI=1S/C16H26N4O/c1-5-7-17-15-10-13(9-12(2)18-15)16(21)20-8-6-14(11-20)19(3)4/h9-10,14H,5-8,11H2,1-4H3,(H,17,18). The van der Waals surface area contributed by atoms with Gasteiger partial charge in [-0.2, -0.15) is 0 Å². The second-order valence-corrected chi connectivity index (χ2v) is 5.97. The van der Waals surface area contributed by atoms with E-state index in [2.05, 4.69) is 36.2 Å². The van der Waals surface area contributed by atoms with E-state index in [1.807, 2.05) is 24.0 Å². The quantitative estimate of drug-likeness (QED) is 0.901. The Kier molecular flexibility index (Phi) is 5.17. The molecular weight excluding hydrogens is 264 g/mol. The topological polar surface area (TPSA) is 48.5 Å². The zero-order chi connectivity index (χ0) is 15.4. The number of nitrogens with one attached hydrogen (secondary N) is 1. The van der Waals surface area contributed by atoms with E-state index in [1.54, 1.807) is 0 Å². The monoisotopic (exact) mass is 290 g/mol. The number of amides is 1. The van der Waals surface area contributed by atoms with Gasteiger partial charge in [0.05, 0.1) is 0 Å². The van der Waals surface area contributed by atoms with E-state index >= 15 is 0 Å². The van der Waals surface area contributed by atoms with Crippen molar-refractivity contribution in [2.24, 2.45) is 0 Å². The van der Waals surface area contributed by atoms with Crippen LogP contribution in [-0.4, -0.2) is 60.5 Å². The van der Waals surface area contributed by atoms with Gasteiger partial charge in [-0.25, -0.2) is 4.98 Å². The van der Waals surface area contributed by atoms with Crippen LogP contribution >= 0.6 is 0 Å². The summed E-state index contributed by atoms with van der Waals surface area (Å²) in [4.78, 5) is 21.2. The molecule has 1 aliphatic heterocycles. The fourth-order valence-electron chi connectivity index (χ4n) is 2.67. The van der Waals surface area contributed by atoms with Gasteiger partial charge in [-0.05, 0) is 46.0 Å². The van der Waals surface area contributed by atoms with Crippen molar-refractivity contribution in [1.29, 1.82) is 0 Å². The smallest absolute Gasteiger partial charge is 0.254 e. The number of anilines is 1. The van der Waals surface area contributed by atoms with Crippen molar-refractivity contribution in [3.8, 4) is 0 Å². The van der Waals surface area contributed by atoms with Crippen LogP contribution in [0, 0.1) is 6.92 Å². The molecule has 0 aliphatic carbocycles. The molecule has 1 aromatic heterocycles. The van der Waals surface area contributed by atoms with Crippen LogP contribution in [0.1, 0.15) is 35.8 Å². The number of hydrogen-bond donors (Lipinski definition) is 1. The lowest BCUT2D eigenvalue weighted by Crippen LogP contribution is -2.34. The Balaban J connectivity index is 2.10. The van der Waals surface area contributed by atoms with Crippen LogP contribution < -0.4 is 5.32 Å². The summed E-state index contributed by atoms with van der Waals surface area (Å²) in [6, 6.07) is 4.21. The van der Waals surface area contributed by atoms with Crippen LogP contribution in [0.2, 0.25) is 0 Å². The largest absolute Gasteiger partial charge is 0.370 e. The molecule has 5 nitrogen and oxygen atoms in total. The maximum Gasteiger partial charge on any atom is 0.254 e. The van der Waals surface area contributed by atoms with E-state index in [0.29, 0.717) is 6.04 Å². The van der Waals surface area contributed by atoms with Crippen molar-refractivity contribution in [3.05, 3.63) is 23.4 Å². The fourth-order valence-corrected chi connectivity index (χ4v) is 2.67. The maximum atomic E-state index is 12.6. The van der Waals surface area contributed by atoms with E-state index in [1.165, 1.54) is 0 Å². The van der Waals surface area contributed by atoms with Crippen molar-refractivity contribution < 1.29 is 4.79 Å². The lowest BCUT2D eigenvalue weighted by Gasteiger charge is -2.20. The molecule has 5 heteroatoms. The van der Waals surface area contributed by atoms with Gasteiger partial charge in [0.15, 0.2) is 0 Å². The zero-order valence-corrected chi connectivity index (χ0v) is 13.5. The van der Waals surface area contributed by atoms with Gasteiger partial charge in [0, 0.05) is 36.9 Å². The molecule has 0 saturated carbocycles. The number of likely N-dealkylation sites (N-methyl/N-ethyl adjacent to an activating group) is 1. The summed E-state index contributed by atoms with van der Waals surface area (Å²) in [5, 5.41) is 3.26. The Morgan fingerprint density at radius 3 is 2.86 bits per heavy atom. The summed E-state index contributed by atoms with van der Waals surface area (Å²) >= 11 is 0. The molecule has 1 fully saturated rings. The van der Waals surface area contributed by atoms with E-state index < -0.39 is 0 Å². The summed E-state index contributed by atoms with van der Waals surface area (Å²) in [5.74, 6) is 0.910. The van der Waals surface area contributed by atoms with Gasteiger partial charge in [-0.3, -0.25) is 4.79 Å². The number of rotatable bonds is 5. The van der Waals surface area contributed by atoms with Crippen molar-refractivity contribution >= 4 is 11.7 Å². The van der Waals surface area contributed by atoms with Crippen molar-refractivity contribution in [1.82, 2.24) is 14.8 Å². The third-order valence-electron chi connectivity index (χ3n) is 3.94. The number of pyridine rings is 1. The molecule has 21 heavy (non-hydrogen) atoms. The van der Waals surface area contributed by atoms with Crippen molar-refractivity contribution in [2.75, 3.05) is 39.0 Å². The first-order chi connectivity index (χ1) is 10.0. The van der Waals surface area contributed by atoms with Gasteiger partial charge < -0.3 is 15.1 Å². The Morgan fingerprint density at radius 2 is 2.24 bits per heavy atom. The Bertz CT molecular complexity index is 501. The van der Waals surface area contributed by atoms with Crippen molar-refractivity contribution in [2.45, 2.75) is 32.7 Å². The summed E-state index contributed by atoms with van der Waals surface area (Å²) < 4.78 is 0. The number of carbonyl (C=O) groups excluding carboxylic acids is 1. The average molecular weight is 290 g/mol. The molecule has 116 valence electrons. The van der Waals surface area contributed by atoms with Crippen LogP contribution in [0.3, 0.4) is 0 Å². The van der Waals surface area contributed by atoms with E-state index in [4.69, 9.17) is 0 Å². The molecule has 0 radical (unpaired) electrons. The number of aryl methyl sites for hydroxylation is 1. The molecule has 1 atom stereocenters. The molecule has 0 aromatic carbocycles. The van der Waals surface area contributed by atoms with Crippen LogP contribution in [0.4, 0.5) is 5.82 Å². The van der Waals surface area contributed by atoms with Gasteiger partial charge >= 0.3 is 0 Å². The third-order valence-corrected chi connectivity index (χ3v) is 3.94. The minimum atomic E-state index is 0.115. The number of aromatic nitrogens is 1. The van der Waals surface area contributed by atoms with E-state index in [-0.39, 0.29) is 5.91 Å². The lowest BCUT2D eigenvalue weighted by molar-refractivity contribution is 0.0783. The van der Waals surface area contributed by atoms with Crippen LogP contribution in [0.25, 0.3) is 0 Å². The van der Waals surface area contributed by atoms with Crippen molar-refractivity contribution in [3.63, 3.8) is 0 Å². The number of carbonyl (C=O) groups is 1. The molecule has 2 rings (SSSR count). The number of nitrogens with zero attached hydrogens (tertiary/aromatic N) is 3. The highest BCUT2D eigenvalue weighted by Gasteiger charge is 2.28. The van der Waals surface area contributed by atoms with Crippen LogP contribution in [0.5, 0.6) is 0 Å². The Morgan fingerprint density at radius 1 is 1.48 bits per heavy atom. The Hall–Kier alpha value is -1.62. The number of hydrogen-bond acceptors (Lipinski definition) is 4. The second kappa shape index (κ2) is 6.89. The highest BCUT2D eigenvalue weighted by Crippen LogP contribution is 2.18. The first-order valence-corrected chi connectivity index (χ1v) is 7.69. The van der Waals surface area contributed by atoms with Gasteiger partial charge in [-0.15, -0.1) is 0 Å². The summed E-state index contributed by atoms with van der Waals surface area (Å²) in [5.41, 5.74) is 1.61. The van der Waals surface area contributed by atoms with E-state index in [0.717, 1.165) is 49.6 Å². The Labute approximate surface area is 127 Å².